The van der Waals surface area contributed by atoms with Crippen molar-refractivity contribution in [1.82, 2.24) is 14.5 Å². The minimum Gasteiger partial charge on any atom is -0.340 e. The zero-order valence-electron chi connectivity index (χ0n) is 15.2. The highest BCUT2D eigenvalue weighted by molar-refractivity contribution is 6.31. The second-order valence-electron chi connectivity index (χ2n) is 6.53. The first-order valence-electron chi connectivity index (χ1n) is 8.57. The van der Waals surface area contributed by atoms with Crippen molar-refractivity contribution in [3.63, 3.8) is 0 Å². The third-order valence-electron chi connectivity index (χ3n) is 4.81. The number of fused-ring (bicyclic) bond motifs is 1. The van der Waals surface area contributed by atoms with Crippen molar-refractivity contribution in [2.45, 2.75) is 20.8 Å². The average Bonchev–Trinajstić information content (AvgIpc) is 2.91. The van der Waals surface area contributed by atoms with Gasteiger partial charge in [-0.1, -0.05) is 17.7 Å². The molecule has 0 fully saturated rings. The second kappa shape index (κ2) is 6.67. The molecule has 4 aromatic rings. The predicted molar refractivity (Wildman–Crippen MR) is 108 cm³/mol. The molecule has 2 heterocycles. The summed E-state index contributed by atoms with van der Waals surface area (Å²) in [7, 11) is 0. The first-order chi connectivity index (χ1) is 13.0. The molecule has 0 aliphatic carbocycles. The van der Waals surface area contributed by atoms with Gasteiger partial charge in [0.2, 0.25) is 0 Å². The number of rotatable bonds is 3. The van der Waals surface area contributed by atoms with Crippen LogP contribution in [-0.4, -0.2) is 14.5 Å². The Kier molecular flexibility index (Phi) is 4.32. The third-order valence-corrected chi connectivity index (χ3v) is 5.22. The van der Waals surface area contributed by atoms with Crippen molar-refractivity contribution in [1.29, 1.82) is 0 Å². The fourth-order valence-corrected chi connectivity index (χ4v) is 3.39. The monoisotopic (exact) mass is 380 g/mol. The number of aromatic nitrogens is 3. The van der Waals surface area contributed by atoms with Gasteiger partial charge in [0.25, 0.3) is 0 Å². The molecule has 6 heteroatoms. The Balaban J connectivity index is 1.87. The van der Waals surface area contributed by atoms with Crippen molar-refractivity contribution < 1.29 is 4.39 Å². The lowest BCUT2D eigenvalue weighted by molar-refractivity contribution is 0.627. The minimum absolute atomic E-state index is 0.266. The van der Waals surface area contributed by atoms with Crippen LogP contribution < -0.4 is 5.32 Å². The van der Waals surface area contributed by atoms with Crippen LogP contribution >= 0.6 is 11.6 Å². The maximum atomic E-state index is 13.3. The van der Waals surface area contributed by atoms with Crippen molar-refractivity contribution in [2.75, 3.05) is 5.32 Å². The quantitative estimate of drug-likeness (QED) is 0.482. The SMILES string of the molecule is Cc1ccc(Nc2ncnc3c2c(C)c(C)n3-c2ccc(F)cc2)cc1Cl. The smallest absolute Gasteiger partial charge is 0.150 e. The lowest BCUT2D eigenvalue weighted by Gasteiger charge is -2.10. The van der Waals surface area contributed by atoms with Gasteiger partial charge in [0.1, 0.15) is 18.0 Å². The zero-order chi connectivity index (χ0) is 19.1. The number of hydrogen-bond donors (Lipinski definition) is 1. The van der Waals surface area contributed by atoms with Gasteiger partial charge in [-0.05, 0) is 68.3 Å². The Hall–Kier alpha value is -2.92. The molecule has 2 aromatic carbocycles. The predicted octanol–water partition coefficient (Wildman–Crippen LogP) is 5.88. The van der Waals surface area contributed by atoms with Gasteiger partial charge >= 0.3 is 0 Å². The van der Waals surface area contributed by atoms with Crippen LogP contribution in [0.2, 0.25) is 5.02 Å². The van der Waals surface area contributed by atoms with E-state index in [1.807, 2.05) is 43.5 Å². The number of anilines is 2. The van der Waals surface area contributed by atoms with E-state index in [-0.39, 0.29) is 5.82 Å². The summed E-state index contributed by atoms with van der Waals surface area (Å²) in [6, 6.07) is 12.2. The van der Waals surface area contributed by atoms with Gasteiger partial charge in [-0.25, -0.2) is 14.4 Å². The summed E-state index contributed by atoms with van der Waals surface area (Å²) in [4.78, 5) is 8.93. The van der Waals surface area contributed by atoms with E-state index in [2.05, 4.69) is 15.3 Å². The Bertz CT molecular complexity index is 1150. The summed E-state index contributed by atoms with van der Waals surface area (Å²) in [5.41, 5.74) is 5.60. The molecular weight excluding hydrogens is 363 g/mol. The number of halogens is 2. The van der Waals surface area contributed by atoms with E-state index in [1.165, 1.54) is 18.5 Å². The molecule has 136 valence electrons. The fourth-order valence-electron chi connectivity index (χ4n) is 3.21. The van der Waals surface area contributed by atoms with Gasteiger partial charge in [0, 0.05) is 22.1 Å². The molecule has 0 amide bonds. The normalized spacial score (nSPS) is 11.1. The molecule has 0 radical (unpaired) electrons. The highest BCUT2D eigenvalue weighted by Crippen LogP contribution is 2.33. The first-order valence-corrected chi connectivity index (χ1v) is 8.95. The number of benzene rings is 2. The summed E-state index contributed by atoms with van der Waals surface area (Å²) < 4.78 is 15.3. The Labute approximate surface area is 161 Å². The van der Waals surface area contributed by atoms with Gasteiger partial charge in [-0.15, -0.1) is 0 Å². The van der Waals surface area contributed by atoms with E-state index in [4.69, 9.17) is 11.6 Å². The third kappa shape index (κ3) is 3.04. The lowest BCUT2D eigenvalue weighted by atomic mass is 10.2. The number of aryl methyl sites for hydroxylation is 2. The molecular formula is C21H18ClFN4. The van der Waals surface area contributed by atoms with Crippen LogP contribution in [0.3, 0.4) is 0 Å². The van der Waals surface area contributed by atoms with Crippen molar-refractivity contribution in [3.05, 3.63) is 76.5 Å². The van der Waals surface area contributed by atoms with E-state index in [9.17, 15) is 4.39 Å². The van der Waals surface area contributed by atoms with Gasteiger partial charge in [0.05, 0.1) is 5.39 Å². The average molecular weight is 381 g/mol. The van der Waals surface area contributed by atoms with E-state index in [0.29, 0.717) is 10.8 Å². The Morgan fingerprint density at radius 1 is 1.00 bits per heavy atom. The van der Waals surface area contributed by atoms with E-state index in [0.717, 1.165) is 39.2 Å². The Morgan fingerprint density at radius 3 is 2.44 bits per heavy atom. The molecule has 27 heavy (non-hydrogen) atoms. The molecule has 0 saturated carbocycles. The van der Waals surface area contributed by atoms with Crippen molar-refractivity contribution in [2.24, 2.45) is 0 Å². The van der Waals surface area contributed by atoms with Crippen LogP contribution in [0.4, 0.5) is 15.9 Å². The van der Waals surface area contributed by atoms with Gasteiger partial charge < -0.3 is 5.32 Å². The van der Waals surface area contributed by atoms with Crippen molar-refractivity contribution in [3.8, 4) is 5.69 Å². The fraction of sp³-hybridized carbons (Fsp3) is 0.143. The zero-order valence-corrected chi connectivity index (χ0v) is 16.0. The van der Waals surface area contributed by atoms with Crippen LogP contribution in [0.25, 0.3) is 16.7 Å². The van der Waals surface area contributed by atoms with Crippen LogP contribution in [0, 0.1) is 26.6 Å². The summed E-state index contributed by atoms with van der Waals surface area (Å²) in [5, 5.41) is 4.97. The summed E-state index contributed by atoms with van der Waals surface area (Å²) in [6.45, 7) is 6.02. The topological polar surface area (TPSA) is 42.7 Å². The maximum absolute atomic E-state index is 13.3. The lowest BCUT2D eigenvalue weighted by Crippen LogP contribution is -1.99. The highest BCUT2D eigenvalue weighted by atomic mass is 35.5. The van der Waals surface area contributed by atoms with Crippen LogP contribution in [0.5, 0.6) is 0 Å². The Morgan fingerprint density at radius 2 is 1.74 bits per heavy atom. The largest absolute Gasteiger partial charge is 0.340 e. The van der Waals surface area contributed by atoms with Crippen molar-refractivity contribution >= 4 is 34.1 Å². The molecule has 0 aliphatic heterocycles. The molecule has 0 aliphatic rings. The van der Waals surface area contributed by atoms with E-state index in [1.54, 1.807) is 12.1 Å². The molecule has 0 atom stereocenters. The molecule has 4 nitrogen and oxygen atoms in total. The van der Waals surface area contributed by atoms with E-state index >= 15 is 0 Å². The minimum atomic E-state index is -0.266. The van der Waals surface area contributed by atoms with E-state index < -0.39 is 0 Å². The first kappa shape index (κ1) is 17.5. The molecule has 0 spiro atoms. The summed E-state index contributed by atoms with van der Waals surface area (Å²) >= 11 is 6.24. The molecule has 0 unspecified atom stereocenters. The molecule has 2 aromatic heterocycles. The van der Waals surface area contributed by atoms with Crippen LogP contribution in [0.15, 0.2) is 48.8 Å². The van der Waals surface area contributed by atoms with Gasteiger partial charge in [-0.3, -0.25) is 4.57 Å². The van der Waals surface area contributed by atoms with Crippen LogP contribution in [-0.2, 0) is 0 Å². The van der Waals surface area contributed by atoms with Gasteiger partial charge in [-0.2, -0.15) is 0 Å². The second-order valence-corrected chi connectivity index (χ2v) is 6.94. The number of nitrogens with zero attached hydrogens (tertiary/aromatic N) is 3. The summed E-state index contributed by atoms with van der Waals surface area (Å²) in [5.74, 6) is 0.444. The number of hydrogen-bond acceptors (Lipinski definition) is 3. The molecule has 0 saturated heterocycles. The van der Waals surface area contributed by atoms with Crippen LogP contribution in [0.1, 0.15) is 16.8 Å². The molecule has 1 N–H and O–H groups in total. The maximum Gasteiger partial charge on any atom is 0.150 e. The standard InChI is InChI=1S/C21H18ClFN4/c1-12-4-7-16(10-18(12)22)26-20-19-13(2)14(3)27(21(19)25-11-24-20)17-8-5-15(23)6-9-17/h4-11H,1-3H3,(H,24,25,26). The molecule has 4 rings (SSSR count). The highest BCUT2D eigenvalue weighted by Gasteiger charge is 2.18. The summed E-state index contributed by atoms with van der Waals surface area (Å²) in [6.07, 6.45) is 1.53. The number of nitrogens with one attached hydrogen (secondary N) is 1. The molecule has 0 bridgehead atoms. The van der Waals surface area contributed by atoms with Gasteiger partial charge in [0.15, 0.2) is 5.65 Å².